The molecule has 5 heteroatoms. The van der Waals surface area contributed by atoms with E-state index >= 15 is 0 Å². The van der Waals surface area contributed by atoms with Crippen LogP contribution in [0.4, 0.5) is 0 Å². The molecule has 0 saturated carbocycles. The second-order valence-electron chi connectivity index (χ2n) is 4.75. The highest BCUT2D eigenvalue weighted by Crippen LogP contribution is 2.12. The van der Waals surface area contributed by atoms with E-state index in [0.717, 1.165) is 24.4 Å². The molecule has 0 aromatic heterocycles. The van der Waals surface area contributed by atoms with Gasteiger partial charge in [0.2, 0.25) is 5.91 Å². The van der Waals surface area contributed by atoms with E-state index in [2.05, 4.69) is 10.6 Å². The third kappa shape index (κ3) is 3.68. The van der Waals surface area contributed by atoms with Crippen LogP contribution in [0.25, 0.3) is 0 Å². The SMILES string of the molecule is COc1ccc(CN(C)C(=O)C2CNCCN2)cc1. The molecule has 104 valence electrons. The van der Waals surface area contributed by atoms with Crippen molar-refractivity contribution in [2.75, 3.05) is 33.8 Å². The minimum Gasteiger partial charge on any atom is -0.497 e. The summed E-state index contributed by atoms with van der Waals surface area (Å²) in [6.45, 7) is 3.07. The van der Waals surface area contributed by atoms with Gasteiger partial charge in [-0.2, -0.15) is 0 Å². The summed E-state index contributed by atoms with van der Waals surface area (Å²) in [5, 5.41) is 6.45. The summed E-state index contributed by atoms with van der Waals surface area (Å²) in [7, 11) is 3.48. The molecule has 19 heavy (non-hydrogen) atoms. The molecule has 5 nitrogen and oxygen atoms in total. The molecule has 1 aromatic carbocycles. The van der Waals surface area contributed by atoms with Crippen LogP contribution >= 0.6 is 0 Å². The number of hydrogen-bond acceptors (Lipinski definition) is 4. The van der Waals surface area contributed by atoms with Gasteiger partial charge in [0, 0.05) is 33.2 Å². The molecule has 2 N–H and O–H groups in total. The smallest absolute Gasteiger partial charge is 0.241 e. The van der Waals surface area contributed by atoms with Gasteiger partial charge in [0.1, 0.15) is 5.75 Å². The van der Waals surface area contributed by atoms with E-state index in [4.69, 9.17) is 4.74 Å². The molecular weight excluding hydrogens is 242 g/mol. The lowest BCUT2D eigenvalue weighted by molar-refractivity contribution is -0.132. The maximum absolute atomic E-state index is 12.2. The summed E-state index contributed by atoms with van der Waals surface area (Å²) in [4.78, 5) is 14.0. The van der Waals surface area contributed by atoms with Crippen LogP contribution in [0.5, 0.6) is 5.75 Å². The third-order valence-corrected chi connectivity index (χ3v) is 3.29. The molecule has 1 aliphatic heterocycles. The fourth-order valence-corrected chi connectivity index (χ4v) is 2.18. The number of carbonyl (C=O) groups is 1. The van der Waals surface area contributed by atoms with Crippen LogP contribution < -0.4 is 15.4 Å². The van der Waals surface area contributed by atoms with Crippen LogP contribution in [0.1, 0.15) is 5.56 Å². The number of carbonyl (C=O) groups excluding carboxylic acids is 1. The Labute approximate surface area is 113 Å². The van der Waals surface area contributed by atoms with Gasteiger partial charge in [0.15, 0.2) is 0 Å². The van der Waals surface area contributed by atoms with Crippen molar-refractivity contribution in [2.24, 2.45) is 0 Å². The number of ether oxygens (including phenoxy) is 1. The average Bonchev–Trinajstić information content (AvgIpc) is 2.48. The standard InChI is InChI=1S/C14H21N3O2/c1-17(14(18)13-9-15-7-8-16-13)10-11-3-5-12(19-2)6-4-11/h3-6,13,15-16H,7-10H2,1-2H3. The Morgan fingerprint density at radius 1 is 1.37 bits per heavy atom. The van der Waals surface area contributed by atoms with E-state index in [0.29, 0.717) is 13.1 Å². The third-order valence-electron chi connectivity index (χ3n) is 3.29. The van der Waals surface area contributed by atoms with E-state index in [-0.39, 0.29) is 11.9 Å². The van der Waals surface area contributed by atoms with Crippen LogP contribution in [0.15, 0.2) is 24.3 Å². The lowest BCUT2D eigenvalue weighted by Gasteiger charge is -2.28. The van der Waals surface area contributed by atoms with E-state index in [9.17, 15) is 4.79 Å². The van der Waals surface area contributed by atoms with Crippen molar-refractivity contribution in [3.05, 3.63) is 29.8 Å². The van der Waals surface area contributed by atoms with Crippen LogP contribution in [0, 0.1) is 0 Å². The van der Waals surface area contributed by atoms with Crippen LogP contribution in [0.2, 0.25) is 0 Å². The molecule has 1 heterocycles. The van der Waals surface area contributed by atoms with Crippen molar-refractivity contribution in [1.82, 2.24) is 15.5 Å². The summed E-state index contributed by atoms with van der Waals surface area (Å²) in [5.41, 5.74) is 1.10. The Morgan fingerprint density at radius 2 is 2.11 bits per heavy atom. The van der Waals surface area contributed by atoms with E-state index in [1.807, 2.05) is 31.3 Å². The zero-order valence-corrected chi connectivity index (χ0v) is 11.5. The van der Waals surface area contributed by atoms with Crippen molar-refractivity contribution in [1.29, 1.82) is 0 Å². The van der Waals surface area contributed by atoms with Crippen molar-refractivity contribution >= 4 is 5.91 Å². The van der Waals surface area contributed by atoms with Gasteiger partial charge in [0.05, 0.1) is 13.2 Å². The number of hydrogen-bond donors (Lipinski definition) is 2. The Kier molecular flexibility index (Phi) is 4.76. The largest absolute Gasteiger partial charge is 0.497 e. The Hall–Kier alpha value is -1.59. The number of nitrogens with zero attached hydrogens (tertiary/aromatic N) is 1. The number of benzene rings is 1. The minimum atomic E-state index is -0.114. The molecule has 1 atom stereocenters. The fourth-order valence-electron chi connectivity index (χ4n) is 2.18. The summed E-state index contributed by atoms with van der Waals surface area (Å²) in [6, 6.07) is 7.67. The van der Waals surface area contributed by atoms with Gasteiger partial charge in [-0.3, -0.25) is 4.79 Å². The second kappa shape index (κ2) is 6.54. The summed E-state index contributed by atoms with van der Waals surface area (Å²) >= 11 is 0. The lowest BCUT2D eigenvalue weighted by Crippen LogP contribution is -2.55. The molecule has 0 bridgehead atoms. The monoisotopic (exact) mass is 263 g/mol. The number of amides is 1. The second-order valence-corrected chi connectivity index (χ2v) is 4.75. The quantitative estimate of drug-likeness (QED) is 0.816. The van der Waals surface area contributed by atoms with Gasteiger partial charge in [-0.1, -0.05) is 12.1 Å². The highest BCUT2D eigenvalue weighted by molar-refractivity contribution is 5.82. The molecule has 1 amide bonds. The zero-order chi connectivity index (χ0) is 13.7. The number of rotatable bonds is 4. The van der Waals surface area contributed by atoms with Gasteiger partial charge < -0.3 is 20.3 Å². The summed E-state index contributed by atoms with van der Waals surface area (Å²) < 4.78 is 5.12. The maximum Gasteiger partial charge on any atom is 0.241 e. The van der Waals surface area contributed by atoms with Crippen LogP contribution in [-0.4, -0.2) is 50.6 Å². The molecule has 0 spiro atoms. The molecule has 0 aliphatic carbocycles. The molecule has 1 fully saturated rings. The predicted octanol–water partition coefficient (Wildman–Crippen LogP) is 0.215. The minimum absolute atomic E-state index is 0.114. The summed E-state index contributed by atoms with van der Waals surface area (Å²) in [6.07, 6.45) is 0. The molecular formula is C14H21N3O2. The first-order valence-corrected chi connectivity index (χ1v) is 6.52. The molecule has 0 radical (unpaired) electrons. The van der Waals surface area contributed by atoms with Gasteiger partial charge >= 0.3 is 0 Å². The average molecular weight is 263 g/mol. The molecule has 1 aromatic rings. The van der Waals surface area contributed by atoms with Crippen LogP contribution in [0.3, 0.4) is 0 Å². The van der Waals surface area contributed by atoms with Crippen LogP contribution in [-0.2, 0) is 11.3 Å². The van der Waals surface area contributed by atoms with Gasteiger partial charge in [0.25, 0.3) is 0 Å². The Bertz CT molecular complexity index is 413. The first-order valence-electron chi connectivity index (χ1n) is 6.52. The highest BCUT2D eigenvalue weighted by Gasteiger charge is 2.23. The molecule has 1 saturated heterocycles. The molecule has 1 unspecified atom stereocenters. The number of piperazine rings is 1. The summed E-state index contributed by atoms with van der Waals surface area (Å²) in [5.74, 6) is 0.957. The van der Waals surface area contributed by atoms with E-state index in [1.54, 1.807) is 12.0 Å². The van der Waals surface area contributed by atoms with Crippen molar-refractivity contribution in [2.45, 2.75) is 12.6 Å². The normalized spacial score (nSPS) is 18.9. The van der Waals surface area contributed by atoms with Gasteiger partial charge in [-0.15, -0.1) is 0 Å². The highest BCUT2D eigenvalue weighted by atomic mass is 16.5. The lowest BCUT2D eigenvalue weighted by atomic mass is 10.1. The van der Waals surface area contributed by atoms with E-state index in [1.165, 1.54) is 0 Å². The van der Waals surface area contributed by atoms with Crippen molar-refractivity contribution in [3.63, 3.8) is 0 Å². The fraction of sp³-hybridized carbons (Fsp3) is 0.500. The van der Waals surface area contributed by atoms with Crippen molar-refractivity contribution in [3.8, 4) is 5.75 Å². The van der Waals surface area contributed by atoms with E-state index < -0.39 is 0 Å². The number of likely N-dealkylation sites (N-methyl/N-ethyl adjacent to an activating group) is 1. The molecule has 1 aliphatic rings. The first-order chi connectivity index (χ1) is 9.20. The Morgan fingerprint density at radius 3 is 2.68 bits per heavy atom. The van der Waals surface area contributed by atoms with Gasteiger partial charge in [-0.05, 0) is 17.7 Å². The van der Waals surface area contributed by atoms with Gasteiger partial charge in [-0.25, -0.2) is 0 Å². The van der Waals surface area contributed by atoms with Crippen molar-refractivity contribution < 1.29 is 9.53 Å². The Balaban J connectivity index is 1.91. The topological polar surface area (TPSA) is 53.6 Å². The number of methoxy groups -OCH3 is 1. The predicted molar refractivity (Wildman–Crippen MR) is 74.1 cm³/mol. The number of nitrogens with one attached hydrogen (secondary N) is 2. The maximum atomic E-state index is 12.2. The molecule has 2 rings (SSSR count). The first kappa shape index (κ1) is 13.8. The zero-order valence-electron chi connectivity index (χ0n) is 11.5.